The molecule has 3 rings (SSSR count). The number of aliphatic hydroxyl groups is 1. The van der Waals surface area contributed by atoms with Gasteiger partial charge in [0, 0.05) is 6.54 Å². The van der Waals surface area contributed by atoms with Gasteiger partial charge in [0.25, 0.3) is 0 Å². The molecule has 0 spiro atoms. The number of amides is 1. The fourth-order valence-electron chi connectivity index (χ4n) is 3.35. The lowest BCUT2D eigenvalue weighted by atomic mass is 10.1. The summed E-state index contributed by atoms with van der Waals surface area (Å²) in [7, 11) is 0. The first-order valence-electron chi connectivity index (χ1n) is 8.70. The molecule has 0 saturated carbocycles. The second kappa shape index (κ2) is 6.92. The van der Waals surface area contributed by atoms with Crippen LogP contribution < -0.4 is 16.0 Å². The normalized spacial score (nSPS) is 20.6. The Labute approximate surface area is 157 Å². The van der Waals surface area contributed by atoms with Gasteiger partial charge in [0.2, 0.25) is 0 Å². The fraction of sp³-hybridized carbons (Fsp3) is 0.556. The molecule has 4 N–H and O–H groups in total. The molecule has 0 aliphatic carbocycles. The van der Waals surface area contributed by atoms with Gasteiger partial charge in [-0.3, -0.25) is 0 Å². The molecule has 0 radical (unpaired) electrons. The van der Waals surface area contributed by atoms with E-state index < -0.39 is 11.7 Å². The van der Waals surface area contributed by atoms with Crippen LogP contribution in [-0.4, -0.2) is 47.0 Å². The average Bonchev–Trinajstić information content (AvgIpc) is 3.07. The number of rotatable bonds is 3. The molecule has 1 saturated heterocycles. The van der Waals surface area contributed by atoms with Crippen molar-refractivity contribution >= 4 is 39.0 Å². The third kappa shape index (κ3) is 3.86. The molecule has 1 amide bonds. The molecule has 1 aliphatic heterocycles. The number of aromatic nitrogens is 1. The van der Waals surface area contributed by atoms with E-state index in [9.17, 15) is 9.90 Å². The maximum atomic E-state index is 12.1. The maximum Gasteiger partial charge on any atom is 0.407 e. The Hall–Kier alpha value is -2.06. The minimum Gasteiger partial charge on any atom is -0.444 e. The summed E-state index contributed by atoms with van der Waals surface area (Å²) in [6.45, 7) is 7.98. The predicted molar refractivity (Wildman–Crippen MR) is 105 cm³/mol. The van der Waals surface area contributed by atoms with E-state index in [0.717, 1.165) is 20.9 Å². The molecule has 2 aromatic rings. The molecule has 142 valence electrons. The number of benzene rings is 1. The van der Waals surface area contributed by atoms with Crippen LogP contribution in [0, 0.1) is 6.92 Å². The van der Waals surface area contributed by atoms with Crippen molar-refractivity contribution in [1.82, 2.24) is 10.3 Å². The van der Waals surface area contributed by atoms with Crippen molar-refractivity contribution < 1.29 is 14.6 Å². The molecular weight excluding hydrogens is 352 g/mol. The Morgan fingerprint density at radius 2 is 2.23 bits per heavy atom. The third-order valence-corrected chi connectivity index (χ3v) is 5.24. The van der Waals surface area contributed by atoms with E-state index >= 15 is 0 Å². The minimum absolute atomic E-state index is 0.0224. The summed E-state index contributed by atoms with van der Waals surface area (Å²) in [6, 6.07) is 3.58. The number of carbonyl (C=O) groups is 1. The Kier molecular flexibility index (Phi) is 4.98. The van der Waals surface area contributed by atoms with Crippen LogP contribution in [0.5, 0.6) is 0 Å². The number of alkyl carbamates (subject to hydrolysis) is 1. The summed E-state index contributed by atoms with van der Waals surface area (Å²) >= 11 is 1.61. The fourth-order valence-corrected chi connectivity index (χ4v) is 4.18. The van der Waals surface area contributed by atoms with E-state index in [1.54, 1.807) is 11.3 Å². The van der Waals surface area contributed by atoms with Crippen LogP contribution in [0.15, 0.2) is 12.1 Å². The molecule has 2 atom stereocenters. The van der Waals surface area contributed by atoms with Crippen molar-refractivity contribution in [2.45, 2.75) is 51.8 Å². The van der Waals surface area contributed by atoms with Gasteiger partial charge in [-0.15, -0.1) is 11.3 Å². The van der Waals surface area contributed by atoms with Crippen LogP contribution in [0.4, 0.5) is 16.2 Å². The Bertz CT molecular complexity index is 815. The van der Waals surface area contributed by atoms with E-state index in [2.05, 4.69) is 15.2 Å². The Morgan fingerprint density at radius 1 is 1.50 bits per heavy atom. The van der Waals surface area contributed by atoms with Crippen molar-refractivity contribution in [3.8, 4) is 0 Å². The zero-order valence-electron chi connectivity index (χ0n) is 15.6. The van der Waals surface area contributed by atoms with E-state index in [-0.39, 0.29) is 18.7 Å². The van der Waals surface area contributed by atoms with Gasteiger partial charge in [-0.25, -0.2) is 9.78 Å². The summed E-state index contributed by atoms with van der Waals surface area (Å²) in [5, 5.41) is 13.7. The standard InChI is InChI=1S/C18H26N4O3S/c1-10-20-15-14(26-10)6-5-13(19)16(15)22-8-11(7-12(22)9-23)21-17(24)25-18(2,3)4/h5-6,11-12,23H,7-9,19H2,1-4H3,(H,21,24)/t11-,12+/m1/s1. The number of hydrogen-bond acceptors (Lipinski definition) is 7. The number of anilines is 2. The molecule has 26 heavy (non-hydrogen) atoms. The lowest BCUT2D eigenvalue weighted by molar-refractivity contribution is 0.0507. The van der Waals surface area contributed by atoms with Crippen molar-refractivity contribution in [3.05, 3.63) is 17.1 Å². The lowest BCUT2D eigenvalue weighted by Gasteiger charge is -2.27. The van der Waals surface area contributed by atoms with Gasteiger partial charge in [0.05, 0.1) is 39.8 Å². The van der Waals surface area contributed by atoms with Crippen molar-refractivity contribution in [1.29, 1.82) is 0 Å². The number of carbonyl (C=O) groups excluding carboxylic acids is 1. The number of fused-ring (bicyclic) bond motifs is 1. The summed E-state index contributed by atoms with van der Waals surface area (Å²) in [6.07, 6.45) is 0.172. The van der Waals surface area contributed by atoms with Crippen molar-refractivity contribution in [3.63, 3.8) is 0 Å². The van der Waals surface area contributed by atoms with Crippen LogP contribution in [0.25, 0.3) is 10.2 Å². The zero-order valence-corrected chi connectivity index (χ0v) is 16.4. The van der Waals surface area contributed by atoms with E-state index in [4.69, 9.17) is 10.5 Å². The number of nitrogens with two attached hydrogens (primary N) is 1. The Morgan fingerprint density at radius 3 is 2.88 bits per heavy atom. The number of nitrogens with one attached hydrogen (secondary N) is 1. The first kappa shape index (κ1) is 18.7. The maximum absolute atomic E-state index is 12.1. The molecule has 8 heteroatoms. The largest absolute Gasteiger partial charge is 0.444 e. The summed E-state index contributed by atoms with van der Waals surface area (Å²) in [5.74, 6) is 0. The first-order chi connectivity index (χ1) is 12.2. The van der Waals surface area contributed by atoms with Gasteiger partial charge >= 0.3 is 6.09 Å². The average molecular weight is 378 g/mol. The zero-order chi connectivity index (χ0) is 19.1. The summed E-state index contributed by atoms with van der Waals surface area (Å²) < 4.78 is 6.40. The van der Waals surface area contributed by atoms with Gasteiger partial charge in [-0.2, -0.15) is 0 Å². The minimum atomic E-state index is -0.549. The molecular formula is C18H26N4O3S. The van der Waals surface area contributed by atoms with E-state index in [0.29, 0.717) is 18.7 Å². The number of nitrogen functional groups attached to an aromatic ring is 1. The molecule has 0 bridgehead atoms. The second-order valence-corrected chi connectivity index (χ2v) is 8.89. The van der Waals surface area contributed by atoms with Crippen molar-refractivity contribution in [2.75, 3.05) is 23.8 Å². The highest BCUT2D eigenvalue weighted by atomic mass is 32.1. The van der Waals surface area contributed by atoms with Crippen molar-refractivity contribution in [2.24, 2.45) is 0 Å². The van der Waals surface area contributed by atoms with Crippen LogP contribution in [0.1, 0.15) is 32.2 Å². The van der Waals surface area contributed by atoms with Gasteiger partial charge in [0.1, 0.15) is 11.1 Å². The lowest BCUT2D eigenvalue weighted by Crippen LogP contribution is -2.40. The summed E-state index contributed by atoms with van der Waals surface area (Å²) in [4.78, 5) is 18.8. The molecule has 1 aromatic carbocycles. The number of thiazole rings is 1. The number of aryl methyl sites for hydroxylation is 1. The highest BCUT2D eigenvalue weighted by Gasteiger charge is 2.35. The van der Waals surface area contributed by atoms with Crippen LogP contribution >= 0.6 is 11.3 Å². The molecule has 1 fully saturated rings. The first-order valence-corrected chi connectivity index (χ1v) is 9.52. The van der Waals surface area contributed by atoms with E-state index in [1.807, 2.05) is 39.8 Å². The van der Waals surface area contributed by atoms with Gasteiger partial charge in [-0.05, 0) is 46.2 Å². The number of hydrogen-bond donors (Lipinski definition) is 3. The van der Waals surface area contributed by atoms with Gasteiger partial charge in [0.15, 0.2) is 0 Å². The molecule has 2 heterocycles. The van der Waals surface area contributed by atoms with Crippen LogP contribution in [-0.2, 0) is 4.74 Å². The Balaban J connectivity index is 1.84. The predicted octanol–water partition coefficient (Wildman–Crippen LogP) is 2.65. The SMILES string of the molecule is Cc1nc2c(N3C[C@H](NC(=O)OC(C)(C)C)C[C@H]3CO)c(N)ccc2s1. The number of aliphatic hydroxyl groups excluding tert-OH is 1. The quantitative estimate of drug-likeness (QED) is 0.710. The second-order valence-electron chi connectivity index (χ2n) is 7.65. The van der Waals surface area contributed by atoms with Gasteiger partial charge in [-0.1, -0.05) is 0 Å². The monoisotopic (exact) mass is 378 g/mol. The van der Waals surface area contributed by atoms with E-state index in [1.165, 1.54) is 0 Å². The molecule has 7 nitrogen and oxygen atoms in total. The third-order valence-electron chi connectivity index (χ3n) is 4.31. The molecule has 1 aliphatic rings. The molecule has 0 unspecified atom stereocenters. The van der Waals surface area contributed by atoms with Crippen LogP contribution in [0.3, 0.4) is 0 Å². The molecule has 1 aromatic heterocycles. The highest BCUT2D eigenvalue weighted by Crippen LogP contribution is 2.38. The van der Waals surface area contributed by atoms with Gasteiger partial charge < -0.3 is 25.8 Å². The number of ether oxygens (including phenoxy) is 1. The summed E-state index contributed by atoms with van der Waals surface area (Å²) in [5.41, 5.74) is 8.01. The highest BCUT2D eigenvalue weighted by molar-refractivity contribution is 7.18. The van der Waals surface area contributed by atoms with Crippen LogP contribution in [0.2, 0.25) is 0 Å². The smallest absolute Gasteiger partial charge is 0.407 e. The number of nitrogens with zero attached hydrogens (tertiary/aromatic N) is 2. The topological polar surface area (TPSA) is 101 Å².